The molecule has 5 aromatic rings. The number of nitrogens with zero attached hydrogens (tertiary/aromatic N) is 2. The highest BCUT2D eigenvalue weighted by Crippen LogP contribution is 2.32. The summed E-state index contributed by atoms with van der Waals surface area (Å²) in [5.74, 6) is 0.555. The van der Waals surface area contributed by atoms with Gasteiger partial charge in [-0.05, 0) is 73.2 Å². The van der Waals surface area contributed by atoms with Crippen LogP contribution in [0.15, 0.2) is 108 Å². The Balaban J connectivity index is 1.14. The summed E-state index contributed by atoms with van der Waals surface area (Å²) < 4.78 is 41.0. The summed E-state index contributed by atoms with van der Waals surface area (Å²) >= 11 is 0. The highest BCUT2D eigenvalue weighted by atomic mass is 32.2. The monoisotopic (exact) mass is 609 g/mol. The van der Waals surface area contributed by atoms with E-state index in [0.717, 1.165) is 11.4 Å². The molecule has 44 heavy (non-hydrogen) atoms. The van der Waals surface area contributed by atoms with Crippen molar-refractivity contribution in [2.24, 2.45) is 0 Å². The van der Waals surface area contributed by atoms with Crippen LogP contribution >= 0.6 is 0 Å². The molecule has 1 amide bonds. The molecule has 0 radical (unpaired) electrons. The van der Waals surface area contributed by atoms with E-state index < -0.39 is 15.9 Å². The number of fused-ring (bicyclic) bond motifs is 2. The Hall–Kier alpha value is -5.09. The van der Waals surface area contributed by atoms with Gasteiger partial charge in [0.15, 0.2) is 0 Å². The number of carbonyl (C=O) groups excluding carboxylic acids is 2. The van der Waals surface area contributed by atoms with Gasteiger partial charge < -0.3 is 14.4 Å². The van der Waals surface area contributed by atoms with Crippen LogP contribution in [-0.4, -0.2) is 51.1 Å². The lowest BCUT2D eigenvalue weighted by Gasteiger charge is -2.33. The minimum Gasteiger partial charge on any atom is -0.490 e. The SMILES string of the molecule is Cc1cc2c(CC(=O)NS(=O)(=O)c3ccccc3)cccc2n1C(=O)c1ccc(OC[C@@H]2CN(C)c3ccccc3O2)cc1. The van der Waals surface area contributed by atoms with Crippen molar-refractivity contribution >= 4 is 38.4 Å². The Morgan fingerprint density at radius 2 is 1.66 bits per heavy atom. The third-order valence-electron chi connectivity index (χ3n) is 7.56. The van der Waals surface area contributed by atoms with E-state index in [1.807, 2.05) is 44.3 Å². The normalized spacial score (nSPS) is 14.5. The van der Waals surface area contributed by atoms with Crippen LogP contribution < -0.4 is 19.1 Å². The quantitative estimate of drug-likeness (QED) is 0.265. The summed E-state index contributed by atoms with van der Waals surface area (Å²) in [7, 11) is -1.97. The number of carbonyl (C=O) groups is 2. The Morgan fingerprint density at radius 1 is 0.932 bits per heavy atom. The molecular weight excluding hydrogens is 578 g/mol. The number of ether oxygens (including phenoxy) is 2. The fourth-order valence-electron chi connectivity index (χ4n) is 5.46. The van der Waals surface area contributed by atoms with E-state index in [4.69, 9.17) is 9.47 Å². The maximum atomic E-state index is 13.6. The zero-order chi connectivity index (χ0) is 30.8. The molecule has 10 heteroatoms. The first-order chi connectivity index (χ1) is 21.2. The molecule has 2 heterocycles. The predicted molar refractivity (Wildman–Crippen MR) is 168 cm³/mol. The first-order valence-corrected chi connectivity index (χ1v) is 15.6. The summed E-state index contributed by atoms with van der Waals surface area (Å²) in [6, 6.07) is 29.7. The molecule has 1 aliphatic heterocycles. The minimum atomic E-state index is -3.99. The van der Waals surface area contributed by atoms with Crippen molar-refractivity contribution in [2.75, 3.05) is 25.1 Å². The first kappa shape index (κ1) is 29.0. The third-order valence-corrected chi connectivity index (χ3v) is 8.95. The van der Waals surface area contributed by atoms with Gasteiger partial charge in [-0.15, -0.1) is 0 Å². The van der Waals surface area contributed by atoms with E-state index in [-0.39, 0.29) is 23.3 Å². The largest absolute Gasteiger partial charge is 0.490 e. The molecule has 1 N–H and O–H groups in total. The molecule has 0 saturated heterocycles. The van der Waals surface area contributed by atoms with Crippen molar-refractivity contribution in [2.45, 2.75) is 24.3 Å². The van der Waals surface area contributed by atoms with Crippen LogP contribution in [0.3, 0.4) is 0 Å². The van der Waals surface area contributed by atoms with Gasteiger partial charge in [-0.2, -0.15) is 0 Å². The van der Waals surface area contributed by atoms with E-state index in [1.165, 1.54) is 12.1 Å². The molecule has 1 aromatic heterocycles. The lowest BCUT2D eigenvalue weighted by Crippen LogP contribution is -2.41. The number of aromatic nitrogens is 1. The predicted octanol–water partition coefficient (Wildman–Crippen LogP) is 4.96. The molecule has 0 spiro atoms. The Morgan fingerprint density at radius 3 is 2.43 bits per heavy atom. The molecule has 4 aromatic carbocycles. The van der Waals surface area contributed by atoms with Crippen LogP contribution in [0.4, 0.5) is 5.69 Å². The maximum absolute atomic E-state index is 13.6. The average molecular weight is 610 g/mol. The van der Waals surface area contributed by atoms with Crippen molar-refractivity contribution in [1.82, 2.24) is 9.29 Å². The zero-order valence-electron chi connectivity index (χ0n) is 24.3. The van der Waals surface area contributed by atoms with Gasteiger partial charge in [0.05, 0.1) is 29.1 Å². The lowest BCUT2D eigenvalue weighted by molar-refractivity contribution is -0.118. The lowest BCUT2D eigenvalue weighted by atomic mass is 10.1. The van der Waals surface area contributed by atoms with Crippen molar-refractivity contribution in [3.8, 4) is 11.5 Å². The van der Waals surface area contributed by atoms with E-state index >= 15 is 0 Å². The fourth-order valence-corrected chi connectivity index (χ4v) is 6.46. The molecule has 0 fully saturated rings. The van der Waals surface area contributed by atoms with Crippen molar-refractivity contribution in [3.63, 3.8) is 0 Å². The number of para-hydroxylation sites is 2. The standard InChI is InChI=1S/C34H31N3O6S/c1-23-19-29-25(20-33(38)35-44(40,41)28-10-4-3-5-11-28)9-8-13-30(29)37(23)34(39)24-15-17-26(18-16-24)42-22-27-21-36(2)31-12-6-7-14-32(31)43-27/h3-19,27H,20-22H2,1-2H3,(H,35,38)/t27-/m0/s1. The number of anilines is 1. The summed E-state index contributed by atoms with van der Waals surface area (Å²) in [5.41, 5.74) is 3.44. The average Bonchev–Trinajstić information content (AvgIpc) is 3.37. The number of amides is 1. The molecule has 0 bridgehead atoms. The van der Waals surface area contributed by atoms with Crippen molar-refractivity contribution in [3.05, 3.63) is 120 Å². The molecular formula is C34H31N3O6S. The Bertz CT molecular complexity index is 1950. The first-order valence-electron chi connectivity index (χ1n) is 14.1. The summed E-state index contributed by atoms with van der Waals surface area (Å²) in [4.78, 5) is 28.5. The number of benzene rings is 4. The molecule has 1 aliphatic rings. The van der Waals surface area contributed by atoms with E-state index in [9.17, 15) is 18.0 Å². The molecule has 0 aliphatic carbocycles. The Labute approximate surface area is 255 Å². The second-order valence-electron chi connectivity index (χ2n) is 10.7. The van der Waals surface area contributed by atoms with Crippen molar-refractivity contribution < 1.29 is 27.5 Å². The molecule has 6 rings (SSSR count). The highest BCUT2D eigenvalue weighted by molar-refractivity contribution is 7.90. The third kappa shape index (κ3) is 5.89. The molecule has 0 saturated carbocycles. The van der Waals surface area contributed by atoms with Crippen LogP contribution in [0.1, 0.15) is 21.6 Å². The van der Waals surface area contributed by atoms with Gasteiger partial charge in [-0.3, -0.25) is 14.2 Å². The summed E-state index contributed by atoms with van der Waals surface area (Å²) in [5, 5.41) is 0.699. The number of rotatable bonds is 8. The molecule has 9 nitrogen and oxygen atoms in total. The van der Waals surface area contributed by atoms with Gasteiger partial charge in [0.1, 0.15) is 24.2 Å². The van der Waals surface area contributed by atoms with Crippen molar-refractivity contribution in [1.29, 1.82) is 0 Å². The van der Waals surface area contributed by atoms with Crippen LogP contribution in [0.2, 0.25) is 0 Å². The topological polar surface area (TPSA) is 107 Å². The number of sulfonamides is 1. The number of hydrogen-bond acceptors (Lipinski definition) is 7. The number of aryl methyl sites for hydroxylation is 1. The number of likely N-dealkylation sites (N-methyl/N-ethyl adjacent to an activating group) is 1. The fraction of sp³-hybridized carbons (Fsp3) is 0.176. The number of nitrogens with one attached hydrogen (secondary N) is 1. The maximum Gasteiger partial charge on any atom is 0.264 e. The highest BCUT2D eigenvalue weighted by Gasteiger charge is 2.24. The van der Waals surface area contributed by atoms with Crippen LogP contribution in [0.25, 0.3) is 10.9 Å². The zero-order valence-corrected chi connectivity index (χ0v) is 25.1. The van der Waals surface area contributed by atoms with E-state index in [2.05, 4.69) is 9.62 Å². The summed E-state index contributed by atoms with van der Waals surface area (Å²) in [6.45, 7) is 2.87. The van der Waals surface area contributed by atoms with Gasteiger partial charge in [0.2, 0.25) is 5.91 Å². The second-order valence-corrected chi connectivity index (χ2v) is 12.4. The smallest absolute Gasteiger partial charge is 0.264 e. The van der Waals surface area contributed by atoms with Crippen LogP contribution in [-0.2, 0) is 21.2 Å². The van der Waals surface area contributed by atoms with Gasteiger partial charge in [-0.25, -0.2) is 13.1 Å². The minimum absolute atomic E-state index is 0.0104. The van der Waals surface area contributed by atoms with Crippen LogP contribution in [0, 0.1) is 6.92 Å². The van der Waals surface area contributed by atoms with Gasteiger partial charge >= 0.3 is 0 Å². The van der Waals surface area contributed by atoms with Gasteiger partial charge in [0.25, 0.3) is 15.9 Å². The van der Waals surface area contributed by atoms with E-state index in [0.29, 0.717) is 46.6 Å². The van der Waals surface area contributed by atoms with E-state index in [1.54, 1.807) is 65.2 Å². The number of hydrogen-bond donors (Lipinski definition) is 1. The van der Waals surface area contributed by atoms with Gasteiger partial charge in [0, 0.05) is 23.7 Å². The molecule has 1 atom stereocenters. The molecule has 224 valence electrons. The summed E-state index contributed by atoms with van der Waals surface area (Å²) in [6.07, 6.45) is -0.307. The van der Waals surface area contributed by atoms with Crippen LogP contribution in [0.5, 0.6) is 11.5 Å². The van der Waals surface area contributed by atoms with Gasteiger partial charge in [-0.1, -0.05) is 42.5 Å². The second kappa shape index (κ2) is 11.9. The Kier molecular flexibility index (Phi) is 7.84. The molecule has 0 unspecified atom stereocenters.